The number of aromatic nitrogens is 3. The Bertz CT molecular complexity index is 1350. The molecule has 5 aromatic rings. The second-order valence-electron chi connectivity index (χ2n) is 6.84. The number of hydrogen-bond acceptors (Lipinski definition) is 5. The lowest BCUT2D eigenvalue weighted by Gasteiger charge is -2.09. The van der Waals surface area contributed by atoms with Crippen molar-refractivity contribution in [2.75, 3.05) is 0 Å². The van der Waals surface area contributed by atoms with E-state index in [9.17, 15) is 4.79 Å². The summed E-state index contributed by atoms with van der Waals surface area (Å²) in [6.07, 6.45) is 1.59. The molecular weight excluding hydrogens is 382 g/mol. The molecule has 0 saturated carbocycles. The molecular formula is C23H17N3O2S. The van der Waals surface area contributed by atoms with Gasteiger partial charge in [-0.3, -0.25) is 4.79 Å². The SMILES string of the molecule is Cc1ccc(-c2nc(Cn3nc(-c4cccs4)c4ccccc4c3=O)co2)cc1. The van der Waals surface area contributed by atoms with Gasteiger partial charge in [0.2, 0.25) is 5.89 Å². The number of nitrogens with zero attached hydrogens (tertiary/aromatic N) is 3. The van der Waals surface area contributed by atoms with Crippen molar-refractivity contribution in [3.63, 3.8) is 0 Å². The average molecular weight is 399 g/mol. The Morgan fingerprint density at radius 2 is 1.79 bits per heavy atom. The van der Waals surface area contributed by atoms with Gasteiger partial charge in [0.1, 0.15) is 17.7 Å². The maximum atomic E-state index is 13.0. The minimum Gasteiger partial charge on any atom is -0.444 e. The summed E-state index contributed by atoms with van der Waals surface area (Å²) in [5, 5.41) is 8.18. The lowest BCUT2D eigenvalue weighted by Crippen LogP contribution is -2.24. The minimum absolute atomic E-state index is 0.138. The Balaban J connectivity index is 1.57. The number of hydrogen-bond donors (Lipinski definition) is 0. The molecule has 5 nitrogen and oxygen atoms in total. The first-order valence-electron chi connectivity index (χ1n) is 9.24. The van der Waals surface area contributed by atoms with E-state index in [0.29, 0.717) is 17.0 Å². The monoisotopic (exact) mass is 399 g/mol. The van der Waals surface area contributed by atoms with E-state index < -0.39 is 0 Å². The number of rotatable bonds is 4. The Morgan fingerprint density at radius 1 is 1.00 bits per heavy atom. The summed E-state index contributed by atoms with van der Waals surface area (Å²) in [5.41, 5.74) is 3.40. The Labute approximate surface area is 170 Å². The van der Waals surface area contributed by atoms with Crippen molar-refractivity contribution in [3.8, 4) is 22.0 Å². The van der Waals surface area contributed by atoms with Crippen LogP contribution in [0.3, 0.4) is 0 Å². The molecule has 0 bridgehead atoms. The highest BCUT2D eigenvalue weighted by atomic mass is 32.1. The van der Waals surface area contributed by atoms with Gasteiger partial charge in [-0.15, -0.1) is 11.3 Å². The molecule has 0 unspecified atom stereocenters. The maximum Gasteiger partial charge on any atom is 0.275 e. The summed E-state index contributed by atoms with van der Waals surface area (Å²) >= 11 is 1.60. The molecule has 0 N–H and O–H groups in total. The molecule has 142 valence electrons. The fourth-order valence-electron chi connectivity index (χ4n) is 3.30. The van der Waals surface area contributed by atoms with Gasteiger partial charge in [-0.2, -0.15) is 5.10 Å². The van der Waals surface area contributed by atoms with E-state index in [1.165, 1.54) is 10.2 Å². The molecule has 3 heterocycles. The van der Waals surface area contributed by atoms with Crippen LogP contribution in [0.25, 0.3) is 32.8 Å². The van der Waals surface area contributed by atoms with Gasteiger partial charge < -0.3 is 4.42 Å². The molecule has 2 aromatic carbocycles. The van der Waals surface area contributed by atoms with Gasteiger partial charge in [-0.05, 0) is 36.6 Å². The highest BCUT2D eigenvalue weighted by Crippen LogP contribution is 2.28. The molecule has 0 aliphatic carbocycles. The normalized spacial score (nSPS) is 11.2. The summed E-state index contributed by atoms with van der Waals surface area (Å²) in [6.45, 7) is 2.28. The van der Waals surface area contributed by atoms with Crippen molar-refractivity contribution in [3.05, 3.63) is 93.9 Å². The van der Waals surface area contributed by atoms with Crippen LogP contribution in [-0.2, 0) is 6.54 Å². The van der Waals surface area contributed by atoms with Gasteiger partial charge in [0.25, 0.3) is 5.56 Å². The summed E-state index contributed by atoms with van der Waals surface area (Å²) in [6, 6.07) is 19.6. The van der Waals surface area contributed by atoms with E-state index in [1.807, 2.05) is 73.0 Å². The van der Waals surface area contributed by atoms with Crippen LogP contribution in [0.4, 0.5) is 0 Å². The Morgan fingerprint density at radius 3 is 2.55 bits per heavy atom. The zero-order valence-electron chi connectivity index (χ0n) is 15.7. The number of thiophene rings is 1. The van der Waals surface area contributed by atoms with Gasteiger partial charge in [-0.25, -0.2) is 9.67 Å². The average Bonchev–Trinajstić information content (AvgIpc) is 3.43. The smallest absolute Gasteiger partial charge is 0.275 e. The summed E-state index contributed by atoms with van der Waals surface area (Å²) in [4.78, 5) is 18.6. The van der Waals surface area contributed by atoms with Crippen molar-refractivity contribution in [1.29, 1.82) is 0 Å². The summed E-state index contributed by atoms with van der Waals surface area (Å²) in [5.74, 6) is 0.535. The van der Waals surface area contributed by atoms with Crippen LogP contribution in [-0.4, -0.2) is 14.8 Å². The molecule has 0 radical (unpaired) electrons. The van der Waals surface area contributed by atoms with Crippen molar-refractivity contribution < 1.29 is 4.42 Å². The molecule has 0 aliphatic rings. The molecule has 6 heteroatoms. The third-order valence-electron chi connectivity index (χ3n) is 4.78. The van der Waals surface area contributed by atoms with Crippen molar-refractivity contribution in [2.45, 2.75) is 13.5 Å². The van der Waals surface area contributed by atoms with Crippen LogP contribution >= 0.6 is 11.3 Å². The zero-order chi connectivity index (χ0) is 19.8. The molecule has 3 aromatic heterocycles. The van der Waals surface area contributed by atoms with Crippen LogP contribution in [0.15, 0.2) is 81.5 Å². The molecule has 0 spiro atoms. The standard InChI is InChI=1S/C23H17N3O2S/c1-15-8-10-16(11-9-15)22-24-17(14-28-22)13-26-23(27)19-6-3-2-5-18(19)21(25-26)20-7-4-12-29-20/h2-12,14H,13H2,1H3. The Kier molecular flexibility index (Phi) is 4.33. The first-order valence-corrected chi connectivity index (χ1v) is 10.1. The largest absolute Gasteiger partial charge is 0.444 e. The second-order valence-corrected chi connectivity index (χ2v) is 7.79. The van der Waals surface area contributed by atoms with E-state index in [0.717, 1.165) is 21.5 Å². The maximum absolute atomic E-state index is 13.0. The second kappa shape index (κ2) is 7.14. The van der Waals surface area contributed by atoms with E-state index >= 15 is 0 Å². The first kappa shape index (κ1) is 17.6. The fraction of sp³-hybridized carbons (Fsp3) is 0.0870. The minimum atomic E-state index is -0.138. The third-order valence-corrected chi connectivity index (χ3v) is 5.66. The van der Waals surface area contributed by atoms with E-state index in [-0.39, 0.29) is 12.1 Å². The molecule has 0 amide bonds. The van der Waals surface area contributed by atoms with E-state index in [2.05, 4.69) is 10.1 Å². The molecule has 0 saturated heterocycles. The van der Waals surface area contributed by atoms with Gasteiger partial charge >= 0.3 is 0 Å². The van der Waals surface area contributed by atoms with Crippen LogP contribution in [0, 0.1) is 6.92 Å². The molecule has 0 fully saturated rings. The first-order chi connectivity index (χ1) is 14.2. The quantitative estimate of drug-likeness (QED) is 0.420. The van der Waals surface area contributed by atoms with Gasteiger partial charge in [0.05, 0.1) is 16.8 Å². The number of oxazole rings is 1. The van der Waals surface area contributed by atoms with Crippen LogP contribution < -0.4 is 5.56 Å². The lowest BCUT2D eigenvalue weighted by molar-refractivity contribution is 0.568. The van der Waals surface area contributed by atoms with Gasteiger partial charge in [-0.1, -0.05) is 42.0 Å². The number of benzene rings is 2. The zero-order valence-corrected chi connectivity index (χ0v) is 16.5. The van der Waals surface area contributed by atoms with Crippen LogP contribution in [0.1, 0.15) is 11.3 Å². The molecule has 5 rings (SSSR count). The summed E-state index contributed by atoms with van der Waals surface area (Å²) in [7, 11) is 0. The topological polar surface area (TPSA) is 60.9 Å². The van der Waals surface area contributed by atoms with Crippen LogP contribution in [0.2, 0.25) is 0 Å². The predicted molar refractivity (Wildman–Crippen MR) is 115 cm³/mol. The summed E-state index contributed by atoms with van der Waals surface area (Å²) < 4.78 is 7.11. The number of fused-ring (bicyclic) bond motifs is 1. The number of aryl methyl sites for hydroxylation is 1. The van der Waals surface area contributed by atoms with E-state index in [4.69, 9.17) is 4.42 Å². The van der Waals surface area contributed by atoms with E-state index in [1.54, 1.807) is 17.6 Å². The predicted octanol–water partition coefficient (Wildman–Crippen LogP) is 5.14. The molecule has 29 heavy (non-hydrogen) atoms. The van der Waals surface area contributed by atoms with Gasteiger partial charge in [0.15, 0.2) is 0 Å². The van der Waals surface area contributed by atoms with Crippen molar-refractivity contribution in [2.24, 2.45) is 0 Å². The Hall–Kier alpha value is -3.51. The van der Waals surface area contributed by atoms with Crippen LogP contribution in [0.5, 0.6) is 0 Å². The van der Waals surface area contributed by atoms with Crippen molar-refractivity contribution >= 4 is 22.1 Å². The highest BCUT2D eigenvalue weighted by molar-refractivity contribution is 7.13. The molecule has 0 atom stereocenters. The van der Waals surface area contributed by atoms with Crippen molar-refractivity contribution in [1.82, 2.24) is 14.8 Å². The highest BCUT2D eigenvalue weighted by Gasteiger charge is 2.14. The third kappa shape index (κ3) is 3.28. The fourth-order valence-corrected chi connectivity index (χ4v) is 4.02. The lowest BCUT2D eigenvalue weighted by atomic mass is 10.1. The molecule has 0 aliphatic heterocycles. The van der Waals surface area contributed by atoms with Gasteiger partial charge in [0, 0.05) is 10.9 Å².